The highest BCUT2D eigenvalue weighted by molar-refractivity contribution is 5.49. The first kappa shape index (κ1) is 13.4. The summed E-state index contributed by atoms with van der Waals surface area (Å²) in [7, 11) is 0. The van der Waals surface area contributed by atoms with Crippen LogP contribution < -0.4 is 5.73 Å². The normalized spacial score (nSPS) is 17.3. The Bertz CT molecular complexity index is 562. The predicted molar refractivity (Wildman–Crippen MR) is 78.2 cm³/mol. The van der Waals surface area contributed by atoms with Gasteiger partial charge in [0.05, 0.1) is 5.57 Å². The van der Waals surface area contributed by atoms with E-state index in [0.29, 0.717) is 11.3 Å². The summed E-state index contributed by atoms with van der Waals surface area (Å²) in [6, 6.07) is 10.8. The van der Waals surface area contributed by atoms with Gasteiger partial charge in [0, 0.05) is 11.1 Å². The molecule has 0 aromatic heterocycles. The maximum absolute atomic E-state index is 9.21. The number of hydrogen-bond donors (Lipinski definition) is 1. The molecule has 2 N–H and O–H groups in total. The molecule has 98 valence electrons. The maximum Gasteiger partial charge on any atom is 0.101 e. The summed E-state index contributed by atoms with van der Waals surface area (Å²) in [6.07, 6.45) is 3.14. The van der Waals surface area contributed by atoms with Gasteiger partial charge in [-0.25, -0.2) is 0 Å². The molecule has 1 aromatic carbocycles. The molecule has 0 bridgehead atoms. The van der Waals surface area contributed by atoms with Crippen LogP contribution in [0.2, 0.25) is 0 Å². The van der Waals surface area contributed by atoms with Crippen LogP contribution in [0.5, 0.6) is 0 Å². The smallest absolute Gasteiger partial charge is 0.101 e. The second-order valence-electron chi connectivity index (χ2n) is 5.59. The fourth-order valence-corrected chi connectivity index (χ4v) is 2.49. The number of nitrogens with zero attached hydrogens (tertiary/aromatic N) is 1. The lowest BCUT2D eigenvalue weighted by Gasteiger charge is -2.19. The molecule has 1 aliphatic carbocycles. The van der Waals surface area contributed by atoms with Crippen LogP contribution in [0.25, 0.3) is 0 Å². The summed E-state index contributed by atoms with van der Waals surface area (Å²) in [5.41, 5.74) is 10.5. The van der Waals surface area contributed by atoms with E-state index in [-0.39, 0.29) is 5.41 Å². The van der Waals surface area contributed by atoms with E-state index in [1.165, 1.54) is 11.1 Å². The van der Waals surface area contributed by atoms with Crippen LogP contribution in [0.3, 0.4) is 0 Å². The number of allylic oxidation sites excluding steroid dienone is 3. The van der Waals surface area contributed by atoms with Crippen molar-refractivity contribution in [2.45, 2.75) is 33.1 Å². The summed E-state index contributed by atoms with van der Waals surface area (Å²) >= 11 is 0. The first-order valence-electron chi connectivity index (χ1n) is 6.60. The van der Waals surface area contributed by atoms with Crippen molar-refractivity contribution in [3.8, 4) is 6.07 Å². The third-order valence-corrected chi connectivity index (χ3v) is 3.96. The summed E-state index contributed by atoms with van der Waals surface area (Å²) in [6.45, 7) is 7.99. The molecule has 0 heterocycles. The fraction of sp³-hybridized carbons (Fsp3) is 0.353. The van der Waals surface area contributed by atoms with E-state index >= 15 is 0 Å². The van der Waals surface area contributed by atoms with E-state index in [9.17, 15) is 5.26 Å². The highest BCUT2D eigenvalue weighted by Gasteiger charge is 2.46. The van der Waals surface area contributed by atoms with Gasteiger partial charge >= 0.3 is 0 Å². The SMILES string of the molecule is C=C(/C(C#N)=C(\C)N)C1(Cc2ccc(C)cc2)CC1. The van der Waals surface area contributed by atoms with Crippen molar-refractivity contribution in [1.82, 2.24) is 0 Å². The molecule has 2 rings (SSSR count). The van der Waals surface area contributed by atoms with Gasteiger partial charge in [0.1, 0.15) is 6.07 Å². The Labute approximate surface area is 115 Å². The zero-order chi connectivity index (χ0) is 14.0. The van der Waals surface area contributed by atoms with Crippen molar-refractivity contribution < 1.29 is 0 Å². The van der Waals surface area contributed by atoms with Crippen LogP contribution >= 0.6 is 0 Å². The van der Waals surface area contributed by atoms with Gasteiger partial charge in [-0.05, 0) is 44.2 Å². The molecular formula is C17H20N2. The molecule has 2 nitrogen and oxygen atoms in total. The maximum atomic E-state index is 9.21. The fourth-order valence-electron chi connectivity index (χ4n) is 2.49. The average molecular weight is 252 g/mol. The average Bonchev–Trinajstić information content (AvgIpc) is 3.13. The lowest BCUT2D eigenvalue weighted by molar-refractivity contribution is 0.615. The number of aryl methyl sites for hydroxylation is 1. The second-order valence-corrected chi connectivity index (χ2v) is 5.59. The van der Waals surface area contributed by atoms with Gasteiger partial charge in [-0.2, -0.15) is 5.26 Å². The Hall–Kier alpha value is -2.01. The molecule has 0 aliphatic heterocycles. The summed E-state index contributed by atoms with van der Waals surface area (Å²) in [5, 5.41) is 9.21. The third-order valence-electron chi connectivity index (χ3n) is 3.96. The Morgan fingerprint density at radius 2 is 1.95 bits per heavy atom. The molecule has 1 fully saturated rings. The molecule has 0 saturated heterocycles. The third kappa shape index (κ3) is 2.71. The van der Waals surface area contributed by atoms with Crippen LogP contribution in [-0.4, -0.2) is 0 Å². The minimum absolute atomic E-state index is 0.0565. The van der Waals surface area contributed by atoms with Gasteiger partial charge < -0.3 is 5.73 Å². The quantitative estimate of drug-likeness (QED) is 0.657. The van der Waals surface area contributed by atoms with Crippen LogP contribution in [0.1, 0.15) is 30.9 Å². The lowest BCUT2D eigenvalue weighted by atomic mass is 9.85. The number of benzene rings is 1. The van der Waals surface area contributed by atoms with E-state index in [0.717, 1.165) is 24.8 Å². The zero-order valence-electron chi connectivity index (χ0n) is 11.7. The Morgan fingerprint density at radius 3 is 2.37 bits per heavy atom. The molecule has 1 saturated carbocycles. The van der Waals surface area contributed by atoms with Crippen molar-refractivity contribution in [3.05, 3.63) is 58.8 Å². The second kappa shape index (κ2) is 4.93. The molecule has 0 atom stereocenters. The van der Waals surface area contributed by atoms with E-state index in [1.54, 1.807) is 6.92 Å². The van der Waals surface area contributed by atoms with Crippen molar-refractivity contribution in [2.24, 2.45) is 11.1 Å². The first-order valence-corrected chi connectivity index (χ1v) is 6.60. The lowest BCUT2D eigenvalue weighted by Crippen LogP contribution is -2.12. The Morgan fingerprint density at radius 1 is 1.37 bits per heavy atom. The summed E-state index contributed by atoms with van der Waals surface area (Å²) in [4.78, 5) is 0. The zero-order valence-corrected chi connectivity index (χ0v) is 11.7. The van der Waals surface area contributed by atoms with Gasteiger partial charge in [0.25, 0.3) is 0 Å². The van der Waals surface area contributed by atoms with E-state index in [2.05, 4.69) is 43.8 Å². The molecule has 1 aliphatic rings. The summed E-state index contributed by atoms with van der Waals surface area (Å²) in [5.74, 6) is 0. The molecule has 0 amide bonds. The molecule has 1 aromatic rings. The molecule has 0 unspecified atom stereocenters. The molecule has 2 heteroatoms. The van der Waals surface area contributed by atoms with Crippen molar-refractivity contribution in [1.29, 1.82) is 5.26 Å². The van der Waals surface area contributed by atoms with Gasteiger partial charge in [-0.15, -0.1) is 0 Å². The van der Waals surface area contributed by atoms with E-state index < -0.39 is 0 Å². The Balaban J connectivity index is 2.21. The Kier molecular flexibility index (Phi) is 3.48. The monoisotopic (exact) mass is 252 g/mol. The van der Waals surface area contributed by atoms with Crippen molar-refractivity contribution >= 4 is 0 Å². The number of hydrogen-bond acceptors (Lipinski definition) is 2. The van der Waals surface area contributed by atoms with Crippen molar-refractivity contribution in [3.63, 3.8) is 0 Å². The summed E-state index contributed by atoms with van der Waals surface area (Å²) < 4.78 is 0. The molecule has 0 spiro atoms. The van der Waals surface area contributed by atoms with Crippen LogP contribution in [0.15, 0.2) is 47.7 Å². The highest BCUT2D eigenvalue weighted by Crippen LogP contribution is 2.55. The van der Waals surface area contributed by atoms with Crippen LogP contribution in [0.4, 0.5) is 0 Å². The number of rotatable bonds is 4. The minimum atomic E-state index is 0.0565. The standard InChI is InChI=1S/C17H20N2/c1-12-4-6-15(7-5-12)10-17(8-9-17)13(2)16(11-18)14(3)19/h4-7H,2,8-10,19H2,1,3H3/b16-14+. The molecule has 0 radical (unpaired) electrons. The predicted octanol–water partition coefficient (Wildman–Crippen LogP) is 3.63. The number of nitriles is 1. The molecule has 19 heavy (non-hydrogen) atoms. The van der Waals surface area contributed by atoms with Gasteiger partial charge in [-0.3, -0.25) is 0 Å². The highest BCUT2D eigenvalue weighted by atomic mass is 14.6. The first-order chi connectivity index (χ1) is 8.98. The van der Waals surface area contributed by atoms with Crippen molar-refractivity contribution in [2.75, 3.05) is 0 Å². The largest absolute Gasteiger partial charge is 0.401 e. The molecular weight excluding hydrogens is 232 g/mol. The van der Waals surface area contributed by atoms with Gasteiger partial charge in [0.2, 0.25) is 0 Å². The minimum Gasteiger partial charge on any atom is -0.401 e. The number of nitrogens with two attached hydrogens (primary N) is 1. The van der Waals surface area contributed by atoms with Gasteiger partial charge in [-0.1, -0.05) is 36.4 Å². The van der Waals surface area contributed by atoms with Gasteiger partial charge in [0.15, 0.2) is 0 Å². The van der Waals surface area contributed by atoms with E-state index in [4.69, 9.17) is 5.73 Å². The van der Waals surface area contributed by atoms with Crippen LogP contribution in [-0.2, 0) is 6.42 Å². The topological polar surface area (TPSA) is 49.8 Å². The van der Waals surface area contributed by atoms with E-state index in [1.807, 2.05) is 0 Å². The van der Waals surface area contributed by atoms with Crippen LogP contribution in [0, 0.1) is 23.7 Å².